The van der Waals surface area contributed by atoms with Gasteiger partial charge in [0, 0.05) is 36.9 Å². The summed E-state index contributed by atoms with van der Waals surface area (Å²) in [5, 5.41) is 2.84. The lowest BCUT2D eigenvalue weighted by molar-refractivity contribution is -0.121. The summed E-state index contributed by atoms with van der Waals surface area (Å²) in [5.41, 5.74) is 0.660. The SMILES string of the molecule is Cn1ccnc1C(NC(=O)CCNS(=O)(=O)c1ccccc1Br)c1ccc(F)cc1. The van der Waals surface area contributed by atoms with E-state index >= 15 is 0 Å². The topological polar surface area (TPSA) is 93.1 Å². The van der Waals surface area contributed by atoms with Crippen molar-refractivity contribution in [3.63, 3.8) is 0 Å². The van der Waals surface area contributed by atoms with E-state index in [9.17, 15) is 17.6 Å². The Morgan fingerprint density at radius 2 is 1.90 bits per heavy atom. The van der Waals surface area contributed by atoms with Crippen LogP contribution in [0.1, 0.15) is 23.9 Å². The fraction of sp³-hybridized carbons (Fsp3) is 0.200. The van der Waals surface area contributed by atoms with Crippen LogP contribution in [0.25, 0.3) is 0 Å². The number of carbonyl (C=O) groups excluding carboxylic acids is 1. The zero-order chi connectivity index (χ0) is 21.7. The van der Waals surface area contributed by atoms with Crippen molar-refractivity contribution in [2.75, 3.05) is 6.54 Å². The molecule has 1 aromatic heterocycles. The molecular weight excluding hydrogens is 475 g/mol. The summed E-state index contributed by atoms with van der Waals surface area (Å²) < 4.78 is 42.8. The number of hydrogen-bond donors (Lipinski definition) is 2. The van der Waals surface area contributed by atoms with Crippen LogP contribution in [0.15, 0.2) is 70.3 Å². The van der Waals surface area contributed by atoms with Gasteiger partial charge in [-0.1, -0.05) is 24.3 Å². The quantitative estimate of drug-likeness (QED) is 0.503. The van der Waals surface area contributed by atoms with Crippen LogP contribution in [-0.2, 0) is 21.9 Å². The second-order valence-electron chi connectivity index (χ2n) is 6.53. The summed E-state index contributed by atoms with van der Waals surface area (Å²) in [7, 11) is -1.97. The first-order valence-electron chi connectivity index (χ1n) is 9.04. The Bertz CT molecular complexity index is 1130. The minimum Gasteiger partial charge on any atom is -0.342 e. The monoisotopic (exact) mass is 494 g/mol. The molecule has 158 valence electrons. The molecule has 0 spiro atoms. The molecule has 0 aliphatic heterocycles. The molecule has 2 aromatic carbocycles. The molecule has 3 aromatic rings. The number of hydrogen-bond acceptors (Lipinski definition) is 4. The maximum absolute atomic E-state index is 13.3. The lowest BCUT2D eigenvalue weighted by Gasteiger charge is -2.19. The molecule has 7 nitrogen and oxygen atoms in total. The Kier molecular flexibility index (Phi) is 7.01. The molecule has 1 unspecified atom stereocenters. The van der Waals surface area contributed by atoms with Crippen molar-refractivity contribution in [2.24, 2.45) is 7.05 Å². The minimum atomic E-state index is -3.76. The number of imidazole rings is 1. The van der Waals surface area contributed by atoms with Crippen LogP contribution in [-0.4, -0.2) is 30.4 Å². The van der Waals surface area contributed by atoms with E-state index in [1.54, 1.807) is 54.3 Å². The van der Waals surface area contributed by atoms with Crippen LogP contribution >= 0.6 is 15.9 Å². The summed E-state index contributed by atoms with van der Waals surface area (Å²) >= 11 is 3.21. The third-order valence-electron chi connectivity index (χ3n) is 4.40. The molecule has 0 fully saturated rings. The molecule has 0 bridgehead atoms. The van der Waals surface area contributed by atoms with Crippen molar-refractivity contribution in [2.45, 2.75) is 17.4 Å². The van der Waals surface area contributed by atoms with Gasteiger partial charge in [0.2, 0.25) is 15.9 Å². The average Bonchev–Trinajstić information content (AvgIpc) is 3.12. The molecule has 3 rings (SSSR count). The number of benzene rings is 2. The van der Waals surface area contributed by atoms with Gasteiger partial charge in [-0.15, -0.1) is 0 Å². The first-order chi connectivity index (χ1) is 14.3. The van der Waals surface area contributed by atoms with E-state index in [4.69, 9.17) is 0 Å². The van der Waals surface area contributed by atoms with Crippen LogP contribution in [0.2, 0.25) is 0 Å². The van der Waals surface area contributed by atoms with Crippen molar-refractivity contribution in [1.29, 1.82) is 0 Å². The van der Waals surface area contributed by atoms with Crippen LogP contribution in [0.3, 0.4) is 0 Å². The van der Waals surface area contributed by atoms with Crippen LogP contribution in [0, 0.1) is 5.82 Å². The molecule has 30 heavy (non-hydrogen) atoms. The highest BCUT2D eigenvalue weighted by Gasteiger charge is 2.22. The zero-order valence-corrected chi connectivity index (χ0v) is 18.5. The highest BCUT2D eigenvalue weighted by Crippen LogP contribution is 2.22. The summed E-state index contributed by atoms with van der Waals surface area (Å²) in [5.74, 6) is -0.184. The Hall–Kier alpha value is -2.56. The average molecular weight is 495 g/mol. The van der Waals surface area contributed by atoms with Crippen molar-refractivity contribution >= 4 is 31.9 Å². The molecular formula is C20H20BrFN4O3S. The maximum atomic E-state index is 13.3. The molecule has 2 N–H and O–H groups in total. The number of amides is 1. The van der Waals surface area contributed by atoms with E-state index in [1.165, 1.54) is 18.2 Å². The first-order valence-corrected chi connectivity index (χ1v) is 11.3. The van der Waals surface area contributed by atoms with Gasteiger partial charge < -0.3 is 9.88 Å². The molecule has 0 radical (unpaired) electrons. The van der Waals surface area contributed by atoms with Gasteiger partial charge in [0.15, 0.2) is 0 Å². The molecule has 0 saturated heterocycles. The van der Waals surface area contributed by atoms with Gasteiger partial charge in [-0.3, -0.25) is 4.79 Å². The maximum Gasteiger partial charge on any atom is 0.241 e. The van der Waals surface area contributed by atoms with Crippen molar-refractivity contribution in [1.82, 2.24) is 19.6 Å². The number of nitrogens with zero attached hydrogens (tertiary/aromatic N) is 2. The summed E-state index contributed by atoms with van der Waals surface area (Å²) in [6.07, 6.45) is 3.26. The molecule has 0 saturated carbocycles. The largest absolute Gasteiger partial charge is 0.342 e. The lowest BCUT2D eigenvalue weighted by Crippen LogP contribution is -2.34. The van der Waals surface area contributed by atoms with Gasteiger partial charge in [-0.05, 0) is 45.8 Å². The van der Waals surface area contributed by atoms with E-state index in [0.717, 1.165) is 0 Å². The van der Waals surface area contributed by atoms with Gasteiger partial charge >= 0.3 is 0 Å². The number of rotatable bonds is 8. The summed E-state index contributed by atoms with van der Waals surface area (Å²) in [6, 6.07) is 11.6. The van der Waals surface area contributed by atoms with Gasteiger partial charge in [0.1, 0.15) is 17.7 Å². The van der Waals surface area contributed by atoms with Crippen LogP contribution < -0.4 is 10.0 Å². The number of nitrogens with one attached hydrogen (secondary N) is 2. The molecule has 1 heterocycles. The Morgan fingerprint density at radius 1 is 1.20 bits per heavy atom. The fourth-order valence-corrected chi connectivity index (χ4v) is 4.91. The van der Waals surface area contributed by atoms with E-state index < -0.39 is 16.1 Å². The van der Waals surface area contributed by atoms with E-state index in [-0.39, 0.29) is 29.6 Å². The minimum absolute atomic E-state index is 0.0772. The standard InChI is InChI=1S/C20H20BrFN4O3S/c1-26-13-12-23-20(26)19(14-6-8-15(22)9-7-14)25-18(27)10-11-24-30(28,29)17-5-3-2-4-16(17)21/h2-9,12-13,19,24H,10-11H2,1H3,(H,25,27). The predicted octanol–water partition coefficient (Wildman–Crippen LogP) is 2.90. The first kappa shape index (κ1) is 22.1. The van der Waals surface area contributed by atoms with Crippen LogP contribution in [0.4, 0.5) is 4.39 Å². The fourth-order valence-electron chi connectivity index (χ4n) is 2.88. The van der Waals surface area contributed by atoms with Crippen LogP contribution in [0.5, 0.6) is 0 Å². The molecule has 0 aliphatic rings. The van der Waals surface area contributed by atoms with Gasteiger partial charge in [0.05, 0.1) is 4.90 Å². The second kappa shape index (κ2) is 9.50. The van der Waals surface area contributed by atoms with Crippen molar-refractivity contribution in [3.05, 3.63) is 82.6 Å². The molecule has 10 heteroatoms. The highest BCUT2D eigenvalue weighted by molar-refractivity contribution is 9.10. The van der Waals surface area contributed by atoms with Gasteiger partial charge in [0.25, 0.3) is 0 Å². The van der Waals surface area contributed by atoms with Crippen molar-refractivity contribution < 1.29 is 17.6 Å². The number of aromatic nitrogens is 2. The Morgan fingerprint density at radius 3 is 2.53 bits per heavy atom. The summed E-state index contributed by atoms with van der Waals surface area (Å²) in [4.78, 5) is 16.9. The van der Waals surface area contributed by atoms with Crippen molar-refractivity contribution in [3.8, 4) is 0 Å². The molecule has 1 atom stereocenters. The van der Waals surface area contributed by atoms with Gasteiger partial charge in [-0.25, -0.2) is 22.5 Å². The molecule has 1 amide bonds. The highest BCUT2D eigenvalue weighted by atomic mass is 79.9. The van der Waals surface area contributed by atoms with E-state index in [0.29, 0.717) is 15.9 Å². The van der Waals surface area contributed by atoms with E-state index in [2.05, 4.69) is 31.0 Å². The summed E-state index contributed by atoms with van der Waals surface area (Å²) in [6.45, 7) is -0.0772. The number of carbonyl (C=O) groups is 1. The zero-order valence-electron chi connectivity index (χ0n) is 16.0. The smallest absolute Gasteiger partial charge is 0.241 e. The van der Waals surface area contributed by atoms with E-state index in [1.807, 2.05) is 0 Å². The third kappa shape index (κ3) is 5.32. The molecule has 0 aliphatic carbocycles. The predicted molar refractivity (Wildman–Crippen MR) is 114 cm³/mol. The normalized spacial score (nSPS) is 12.5. The Labute approximate surface area is 182 Å². The third-order valence-corrected chi connectivity index (χ3v) is 6.87. The second-order valence-corrected chi connectivity index (χ2v) is 9.12. The number of halogens is 2. The number of aryl methyl sites for hydroxylation is 1. The van der Waals surface area contributed by atoms with Gasteiger partial charge in [-0.2, -0.15) is 0 Å². The lowest BCUT2D eigenvalue weighted by atomic mass is 10.1. The Balaban J connectivity index is 1.67. The number of sulfonamides is 1.